The zero-order chi connectivity index (χ0) is 24.2. The molecule has 0 saturated heterocycles. The van der Waals surface area contributed by atoms with Crippen LogP contribution in [0, 0.1) is 56.2 Å². The topological polar surface area (TPSA) is 34.1 Å². The first-order chi connectivity index (χ1) is 15.2. The highest BCUT2D eigenvalue weighted by atomic mass is 16.1. The first-order valence-corrected chi connectivity index (χ1v) is 14.2. The molecule has 0 amide bonds. The average molecular weight is 455 g/mol. The first kappa shape index (κ1) is 24.1. The van der Waals surface area contributed by atoms with Gasteiger partial charge in [0, 0.05) is 24.2 Å². The summed E-state index contributed by atoms with van der Waals surface area (Å²) in [5, 5.41) is 0. The summed E-state index contributed by atoms with van der Waals surface area (Å²) in [5.41, 5.74) is 0.916. The summed E-state index contributed by atoms with van der Waals surface area (Å²) in [6.07, 6.45) is 12.5. The Balaban J connectivity index is 1.58. The molecule has 0 aromatic heterocycles. The van der Waals surface area contributed by atoms with Crippen LogP contribution in [0.5, 0.6) is 0 Å². The van der Waals surface area contributed by atoms with E-state index in [4.69, 9.17) is 0 Å². The predicted molar refractivity (Wildman–Crippen MR) is 135 cm³/mol. The van der Waals surface area contributed by atoms with E-state index < -0.39 is 0 Å². The van der Waals surface area contributed by atoms with Crippen LogP contribution in [0.2, 0.25) is 0 Å². The molecule has 33 heavy (non-hydrogen) atoms. The number of fused-ring (bicyclic) bond motifs is 7. The summed E-state index contributed by atoms with van der Waals surface area (Å²) < 4.78 is 0. The Morgan fingerprint density at radius 2 is 1.45 bits per heavy atom. The molecule has 2 heteroatoms. The summed E-state index contributed by atoms with van der Waals surface area (Å²) in [6.45, 7) is 19.3. The number of rotatable bonds is 1. The van der Waals surface area contributed by atoms with Crippen molar-refractivity contribution in [2.45, 2.75) is 126 Å². The van der Waals surface area contributed by atoms with Gasteiger partial charge < -0.3 is 0 Å². The maximum atomic E-state index is 14.3. The van der Waals surface area contributed by atoms with Gasteiger partial charge in [0.25, 0.3) is 0 Å². The molecule has 0 radical (unpaired) electrons. The first-order valence-electron chi connectivity index (χ1n) is 14.2. The van der Waals surface area contributed by atoms with Crippen molar-refractivity contribution < 1.29 is 9.59 Å². The van der Waals surface area contributed by atoms with Gasteiger partial charge in [0.1, 0.15) is 11.6 Å². The van der Waals surface area contributed by atoms with Crippen LogP contribution in [-0.2, 0) is 9.59 Å². The Morgan fingerprint density at radius 3 is 2.12 bits per heavy atom. The van der Waals surface area contributed by atoms with Gasteiger partial charge in [-0.05, 0) is 96.2 Å². The van der Waals surface area contributed by atoms with Crippen molar-refractivity contribution in [3.05, 3.63) is 0 Å². The standard InChI is InChI=1S/C31H50O2/c1-9-31-16-14-26(2,3)19-20(31)25-21(32)18-23-28(6)12-11-24(33)27(4,5)22(28)10-13-29(23,7)30(25,8)15-17-31/h20,22-23,25H,9-19H2,1-8H3/t20?,22-,23+,25?,28-,29+,30+,31+/m0/s1. The second-order valence-corrected chi connectivity index (χ2v) is 15.5. The summed E-state index contributed by atoms with van der Waals surface area (Å²) in [6, 6.07) is 0. The largest absolute Gasteiger partial charge is 0.299 e. The van der Waals surface area contributed by atoms with Crippen molar-refractivity contribution in [1.82, 2.24) is 0 Å². The molecule has 0 N–H and O–H groups in total. The molecule has 5 saturated carbocycles. The monoisotopic (exact) mass is 454 g/mol. The zero-order valence-corrected chi connectivity index (χ0v) is 22.9. The van der Waals surface area contributed by atoms with Crippen LogP contribution < -0.4 is 0 Å². The molecule has 2 unspecified atom stereocenters. The van der Waals surface area contributed by atoms with E-state index in [1.54, 1.807) is 0 Å². The van der Waals surface area contributed by atoms with Crippen molar-refractivity contribution >= 4 is 11.6 Å². The smallest absolute Gasteiger partial charge is 0.138 e. The highest BCUT2D eigenvalue weighted by Crippen LogP contribution is 2.76. The van der Waals surface area contributed by atoms with E-state index in [0.717, 1.165) is 19.3 Å². The molecule has 186 valence electrons. The van der Waals surface area contributed by atoms with Gasteiger partial charge in [-0.15, -0.1) is 0 Å². The number of carbonyl (C=O) groups excluding carboxylic acids is 2. The fourth-order valence-corrected chi connectivity index (χ4v) is 11.2. The molecule has 5 aliphatic carbocycles. The predicted octanol–water partition coefficient (Wildman–Crippen LogP) is 8.03. The van der Waals surface area contributed by atoms with Crippen LogP contribution in [0.15, 0.2) is 0 Å². The van der Waals surface area contributed by atoms with Gasteiger partial charge in [-0.1, -0.05) is 61.8 Å². The molecule has 8 atom stereocenters. The second kappa shape index (κ2) is 6.97. The fourth-order valence-electron chi connectivity index (χ4n) is 11.2. The van der Waals surface area contributed by atoms with Crippen LogP contribution in [0.4, 0.5) is 0 Å². The lowest BCUT2D eigenvalue weighted by molar-refractivity contribution is -0.234. The molecule has 0 aromatic carbocycles. The fraction of sp³-hybridized carbons (Fsp3) is 0.935. The molecular formula is C31H50O2. The maximum absolute atomic E-state index is 14.3. The van der Waals surface area contributed by atoms with Gasteiger partial charge >= 0.3 is 0 Å². The van der Waals surface area contributed by atoms with Crippen molar-refractivity contribution in [2.75, 3.05) is 0 Å². The Bertz CT molecular complexity index is 868. The second-order valence-electron chi connectivity index (χ2n) is 15.5. The Kier molecular flexibility index (Phi) is 5.08. The molecule has 0 bridgehead atoms. The van der Waals surface area contributed by atoms with Crippen molar-refractivity contribution in [3.63, 3.8) is 0 Å². The van der Waals surface area contributed by atoms with Crippen molar-refractivity contribution in [1.29, 1.82) is 0 Å². The van der Waals surface area contributed by atoms with Crippen LogP contribution in [-0.4, -0.2) is 11.6 Å². The summed E-state index contributed by atoms with van der Waals surface area (Å²) >= 11 is 0. The van der Waals surface area contributed by atoms with E-state index in [9.17, 15) is 9.59 Å². The van der Waals surface area contributed by atoms with E-state index >= 15 is 0 Å². The van der Waals surface area contributed by atoms with Crippen LogP contribution in [0.3, 0.4) is 0 Å². The normalized spacial score (nSPS) is 52.8. The van der Waals surface area contributed by atoms with Crippen molar-refractivity contribution in [2.24, 2.45) is 56.2 Å². The minimum atomic E-state index is -0.244. The lowest BCUT2D eigenvalue weighted by atomic mass is 9.31. The number of hydrogen-bond acceptors (Lipinski definition) is 2. The third-order valence-corrected chi connectivity index (χ3v) is 13.6. The summed E-state index contributed by atoms with van der Waals surface area (Å²) in [7, 11) is 0. The van der Waals surface area contributed by atoms with Gasteiger partial charge in [0.15, 0.2) is 0 Å². The molecule has 0 aromatic rings. The summed E-state index contributed by atoms with van der Waals surface area (Å²) in [5.74, 6) is 2.70. The third kappa shape index (κ3) is 2.91. The quantitative estimate of drug-likeness (QED) is 0.402. The van der Waals surface area contributed by atoms with E-state index in [2.05, 4.69) is 55.4 Å². The van der Waals surface area contributed by atoms with Gasteiger partial charge in [-0.25, -0.2) is 0 Å². The van der Waals surface area contributed by atoms with Crippen LogP contribution in [0.25, 0.3) is 0 Å². The van der Waals surface area contributed by atoms with E-state index in [-0.39, 0.29) is 27.6 Å². The summed E-state index contributed by atoms with van der Waals surface area (Å²) in [4.78, 5) is 27.3. The van der Waals surface area contributed by atoms with Gasteiger partial charge in [-0.2, -0.15) is 0 Å². The Morgan fingerprint density at radius 1 is 0.788 bits per heavy atom. The van der Waals surface area contributed by atoms with Crippen LogP contribution >= 0.6 is 0 Å². The highest BCUT2D eigenvalue weighted by Gasteiger charge is 2.71. The molecule has 2 nitrogen and oxygen atoms in total. The maximum Gasteiger partial charge on any atom is 0.138 e. The highest BCUT2D eigenvalue weighted by molar-refractivity contribution is 5.86. The number of Topliss-reactive ketones (excluding diaryl/α,β-unsaturated/α-hetero) is 2. The minimum Gasteiger partial charge on any atom is -0.299 e. The van der Waals surface area contributed by atoms with Crippen LogP contribution in [0.1, 0.15) is 126 Å². The number of ketones is 2. The van der Waals surface area contributed by atoms with Crippen molar-refractivity contribution in [3.8, 4) is 0 Å². The molecule has 0 heterocycles. The zero-order valence-electron chi connectivity index (χ0n) is 22.9. The Labute approximate surface area is 203 Å². The molecular weight excluding hydrogens is 404 g/mol. The lowest BCUT2D eigenvalue weighted by Gasteiger charge is -2.72. The molecule has 0 spiro atoms. The molecule has 5 fully saturated rings. The van der Waals surface area contributed by atoms with E-state index in [0.29, 0.717) is 46.6 Å². The molecule has 5 rings (SSSR count). The molecule has 0 aliphatic heterocycles. The van der Waals surface area contributed by atoms with E-state index in [1.165, 1.54) is 44.9 Å². The molecule has 5 aliphatic rings. The Hall–Kier alpha value is -0.660. The minimum absolute atomic E-state index is 0.101. The van der Waals surface area contributed by atoms with Gasteiger partial charge in [0.2, 0.25) is 0 Å². The number of hydrogen-bond donors (Lipinski definition) is 0. The van der Waals surface area contributed by atoms with Gasteiger partial charge in [-0.3, -0.25) is 9.59 Å². The van der Waals surface area contributed by atoms with E-state index in [1.807, 2.05) is 0 Å². The average Bonchev–Trinajstić information content (AvgIpc) is 2.72. The van der Waals surface area contributed by atoms with Gasteiger partial charge in [0.05, 0.1) is 0 Å². The lowest BCUT2D eigenvalue weighted by Crippen LogP contribution is -2.68. The number of carbonyl (C=O) groups is 2. The SMILES string of the molecule is CC[C@]12CCC(C)(C)CC1C1C(=O)C[C@@H]3[C@@]4(C)CCC(=O)C(C)(C)[C@@H]4CC[C@@]3(C)[C@]1(C)CC2. The third-order valence-electron chi connectivity index (χ3n) is 13.6.